The summed E-state index contributed by atoms with van der Waals surface area (Å²) in [5, 5.41) is 4.74. The van der Waals surface area contributed by atoms with E-state index in [1.54, 1.807) is 12.3 Å². The van der Waals surface area contributed by atoms with Gasteiger partial charge in [-0.25, -0.2) is 4.79 Å². The van der Waals surface area contributed by atoms with Crippen molar-refractivity contribution in [3.8, 4) is 0 Å². The fraction of sp³-hybridized carbons (Fsp3) is 0.455. The third-order valence-electron chi connectivity index (χ3n) is 5.74. The molecule has 2 N–H and O–H groups in total. The Morgan fingerprint density at radius 2 is 1.93 bits per heavy atom. The summed E-state index contributed by atoms with van der Waals surface area (Å²) in [6.45, 7) is 9.12. The molecule has 154 valence electrons. The molecule has 0 atom stereocenters. The Labute approximate surface area is 168 Å². The van der Waals surface area contributed by atoms with E-state index in [4.69, 9.17) is 13.6 Å². The van der Waals surface area contributed by atoms with Crippen LogP contribution in [0.5, 0.6) is 0 Å². The number of hydrogen-bond acceptors (Lipinski definition) is 5. The van der Waals surface area contributed by atoms with Crippen LogP contribution in [0.3, 0.4) is 0 Å². The molecule has 1 saturated heterocycles. The number of furan rings is 1. The number of ether oxygens (including phenoxy) is 1. The van der Waals surface area contributed by atoms with Crippen molar-refractivity contribution in [2.45, 2.75) is 26.7 Å². The van der Waals surface area contributed by atoms with E-state index in [1.165, 1.54) is 4.90 Å². The predicted molar refractivity (Wildman–Crippen MR) is 109 cm³/mol. The Morgan fingerprint density at radius 1 is 1.14 bits per heavy atom. The zero-order valence-electron chi connectivity index (χ0n) is 16.9. The zero-order valence-corrected chi connectivity index (χ0v) is 16.9. The highest BCUT2D eigenvalue weighted by atomic mass is 16.5. The average molecular weight is 399 g/mol. The third kappa shape index (κ3) is 4.21. The Kier molecular flexibility index (Phi) is 5.69. The van der Waals surface area contributed by atoms with Crippen LogP contribution in [-0.2, 0) is 16.0 Å². The highest BCUT2D eigenvalue weighted by molar-refractivity contribution is 5.96. The van der Waals surface area contributed by atoms with E-state index in [1.807, 2.05) is 19.9 Å². The van der Waals surface area contributed by atoms with Crippen molar-refractivity contribution in [2.24, 2.45) is 0 Å². The van der Waals surface area contributed by atoms with Gasteiger partial charge in [-0.2, -0.15) is 0 Å². The van der Waals surface area contributed by atoms with E-state index in [2.05, 4.69) is 5.32 Å². The lowest BCUT2D eigenvalue weighted by Crippen LogP contribution is -3.14. The highest BCUT2D eigenvalue weighted by Crippen LogP contribution is 2.28. The van der Waals surface area contributed by atoms with Crippen LogP contribution in [0.2, 0.25) is 0 Å². The molecule has 1 aromatic carbocycles. The minimum Gasteiger partial charge on any atom is -0.464 e. The van der Waals surface area contributed by atoms with Crippen molar-refractivity contribution >= 4 is 27.8 Å². The molecule has 7 nitrogen and oxygen atoms in total. The summed E-state index contributed by atoms with van der Waals surface area (Å²) in [5.41, 5.74) is 2.91. The van der Waals surface area contributed by atoms with Gasteiger partial charge >= 0.3 is 5.63 Å². The second-order valence-electron chi connectivity index (χ2n) is 7.75. The van der Waals surface area contributed by atoms with Gasteiger partial charge in [-0.05, 0) is 31.0 Å². The Bertz CT molecular complexity index is 1090. The van der Waals surface area contributed by atoms with Gasteiger partial charge in [0.25, 0.3) is 0 Å². The van der Waals surface area contributed by atoms with E-state index in [-0.39, 0.29) is 12.3 Å². The van der Waals surface area contributed by atoms with Crippen LogP contribution < -0.4 is 15.8 Å². The first kappa shape index (κ1) is 19.7. The number of hydrogen-bond donors (Lipinski definition) is 2. The number of amides is 1. The molecule has 1 aliphatic heterocycles. The van der Waals surface area contributed by atoms with Gasteiger partial charge in [0.05, 0.1) is 38.0 Å². The first-order valence-corrected chi connectivity index (χ1v) is 10.1. The molecular weight excluding hydrogens is 372 g/mol. The first-order chi connectivity index (χ1) is 14.0. The zero-order chi connectivity index (χ0) is 20.4. The third-order valence-corrected chi connectivity index (χ3v) is 5.74. The Morgan fingerprint density at radius 3 is 2.72 bits per heavy atom. The summed E-state index contributed by atoms with van der Waals surface area (Å²) >= 11 is 0. The first-order valence-electron chi connectivity index (χ1n) is 10.1. The highest BCUT2D eigenvalue weighted by Gasteiger charge is 2.17. The van der Waals surface area contributed by atoms with Gasteiger partial charge in [0, 0.05) is 29.8 Å². The number of carbonyl (C=O) groups excluding carboxylic acids is 1. The molecule has 1 fully saturated rings. The van der Waals surface area contributed by atoms with Gasteiger partial charge < -0.3 is 23.8 Å². The minimum atomic E-state index is -0.467. The minimum absolute atomic E-state index is 0.0247. The van der Waals surface area contributed by atoms with Gasteiger partial charge in [-0.3, -0.25) is 4.79 Å². The number of morpholine rings is 1. The lowest BCUT2D eigenvalue weighted by Gasteiger charge is -2.23. The van der Waals surface area contributed by atoms with Crippen molar-refractivity contribution in [1.29, 1.82) is 0 Å². The van der Waals surface area contributed by atoms with Crippen molar-refractivity contribution in [3.63, 3.8) is 0 Å². The molecule has 1 amide bonds. The summed E-state index contributed by atoms with van der Waals surface area (Å²) in [5.74, 6) is -0.155. The fourth-order valence-corrected chi connectivity index (χ4v) is 3.94. The number of carbonyl (C=O) groups is 1. The van der Waals surface area contributed by atoms with E-state index in [0.29, 0.717) is 23.3 Å². The van der Waals surface area contributed by atoms with E-state index < -0.39 is 5.63 Å². The molecule has 0 aliphatic carbocycles. The molecule has 3 heterocycles. The maximum Gasteiger partial charge on any atom is 0.340 e. The second-order valence-corrected chi connectivity index (χ2v) is 7.75. The van der Waals surface area contributed by atoms with Crippen molar-refractivity contribution in [1.82, 2.24) is 5.32 Å². The van der Waals surface area contributed by atoms with Crippen LogP contribution in [0.1, 0.15) is 23.1 Å². The van der Waals surface area contributed by atoms with Crippen molar-refractivity contribution in [2.75, 3.05) is 39.4 Å². The second kappa shape index (κ2) is 8.39. The summed E-state index contributed by atoms with van der Waals surface area (Å²) < 4.78 is 16.3. The smallest absolute Gasteiger partial charge is 0.340 e. The maximum atomic E-state index is 12.5. The van der Waals surface area contributed by atoms with Crippen LogP contribution in [0.25, 0.3) is 21.9 Å². The largest absolute Gasteiger partial charge is 0.464 e. The van der Waals surface area contributed by atoms with Crippen LogP contribution in [0, 0.1) is 13.8 Å². The number of fused-ring (bicyclic) bond motifs is 2. The molecule has 1 aliphatic rings. The number of benzene rings is 1. The fourth-order valence-electron chi connectivity index (χ4n) is 3.94. The molecule has 0 spiro atoms. The predicted octanol–water partition coefficient (Wildman–Crippen LogP) is 1.12. The molecular formula is C22H27N2O5+. The Balaban J connectivity index is 1.44. The Hall–Kier alpha value is -2.64. The molecule has 29 heavy (non-hydrogen) atoms. The van der Waals surface area contributed by atoms with Crippen molar-refractivity contribution in [3.05, 3.63) is 45.5 Å². The topological polar surface area (TPSA) is 86.1 Å². The quantitative estimate of drug-likeness (QED) is 0.479. The average Bonchev–Trinajstić information content (AvgIpc) is 3.08. The SMILES string of the molecule is Cc1coc2cc3oc(=O)c(CC(=O)NCCC[NH+]4CCOCC4)c(C)c3cc12. The lowest BCUT2D eigenvalue weighted by atomic mass is 10.0. The normalized spacial score (nSPS) is 15.2. The van der Waals surface area contributed by atoms with Gasteiger partial charge in [0.2, 0.25) is 5.91 Å². The molecule has 0 bridgehead atoms. The molecule has 4 rings (SSSR count). The summed E-state index contributed by atoms with van der Waals surface area (Å²) in [6.07, 6.45) is 2.62. The van der Waals surface area contributed by atoms with E-state index >= 15 is 0 Å². The van der Waals surface area contributed by atoms with E-state index in [9.17, 15) is 9.59 Å². The number of aryl methyl sites for hydroxylation is 2. The summed E-state index contributed by atoms with van der Waals surface area (Å²) in [6, 6.07) is 3.71. The van der Waals surface area contributed by atoms with Crippen LogP contribution in [0.15, 0.2) is 32.0 Å². The molecule has 0 unspecified atom stereocenters. The molecule has 3 aromatic rings. The summed E-state index contributed by atoms with van der Waals surface area (Å²) in [4.78, 5) is 26.4. The standard InChI is InChI=1S/C22H26N2O5/c1-14-13-28-19-12-20-17(10-16(14)19)15(2)18(22(26)29-20)11-21(25)23-4-3-5-24-6-8-27-9-7-24/h10,12-13H,3-9,11H2,1-2H3,(H,23,25)/p+1. The van der Waals surface area contributed by atoms with Gasteiger partial charge in [0.15, 0.2) is 0 Å². The number of quaternary nitrogens is 1. The maximum absolute atomic E-state index is 12.5. The van der Waals surface area contributed by atoms with Gasteiger partial charge in [-0.15, -0.1) is 0 Å². The van der Waals surface area contributed by atoms with Crippen LogP contribution in [-0.4, -0.2) is 45.3 Å². The van der Waals surface area contributed by atoms with Crippen LogP contribution >= 0.6 is 0 Å². The molecule has 2 aromatic heterocycles. The molecule has 0 radical (unpaired) electrons. The summed E-state index contributed by atoms with van der Waals surface area (Å²) in [7, 11) is 0. The van der Waals surface area contributed by atoms with Gasteiger partial charge in [0.1, 0.15) is 24.3 Å². The van der Waals surface area contributed by atoms with E-state index in [0.717, 1.165) is 61.2 Å². The molecule has 7 heteroatoms. The lowest BCUT2D eigenvalue weighted by molar-refractivity contribution is -0.908. The number of nitrogens with one attached hydrogen (secondary N) is 2. The number of rotatable bonds is 6. The van der Waals surface area contributed by atoms with Gasteiger partial charge in [-0.1, -0.05) is 0 Å². The van der Waals surface area contributed by atoms with Crippen LogP contribution in [0.4, 0.5) is 0 Å². The monoisotopic (exact) mass is 399 g/mol. The van der Waals surface area contributed by atoms with Crippen molar-refractivity contribution < 1.29 is 23.3 Å². The molecule has 0 saturated carbocycles.